The van der Waals surface area contributed by atoms with E-state index in [-0.39, 0.29) is 35.5 Å². The third-order valence-electron chi connectivity index (χ3n) is 6.23. The molecule has 1 aromatic carbocycles. The number of imide groups is 1. The van der Waals surface area contributed by atoms with E-state index in [1.165, 1.54) is 4.90 Å². The van der Waals surface area contributed by atoms with Gasteiger partial charge in [0.2, 0.25) is 11.8 Å². The average molecular weight is 396 g/mol. The lowest BCUT2D eigenvalue weighted by molar-refractivity contribution is -0.140. The van der Waals surface area contributed by atoms with Gasteiger partial charge < -0.3 is 15.4 Å². The van der Waals surface area contributed by atoms with Crippen LogP contribution in [0.15, 0.2) is 41.4 Å². The molecule has 0 aromatic heterocycles. The van der Waals surface area contributed by atoms with Crippen LogP contribution in [0.5, 0.6) is 5.75 Å². The van der Waals surface area contributed by atoms with E-state index in [0.717, 1.165) is 17.7 Å². The molecule has 2 aliphatic carbocycles. The molecule has 7 heteroatoms. The predicted molar refractivity (Wildman–Crippen MR) is 110 cm³/mol. The average Bonchev–Trinajstić information content (AvgIpc) is 3.42. The van der Waals surface area contributed by atoms with E-state index < -0.39 is 0 Å². The van der Waals surface area contributed by atoms with E-state index in [1.807, 2.05) is 24.3 Å². The number of guanidine groups is 1. The van der Waals surface area contributed by atoms with E-state index in [2.05, 4.69) is 27.8 Å². The zero-order valence-corrected chi connectivity index (χ0v) is 16.9. The Morgan fingerprint density at radius 3 is 2.55 bits per heavy atom. The van der Waals surface area contributed by atoms with Crippen molar-refractivity contribution in [3.63, 3.8) is 0 Å². The lowest BCUT2D eigenvalue weighted by atomic mass is 9.85. The molecule has 1 aliphatic heterocycles. The molecule has 7 nitrogen and oxygen atoms in total. The first-order chi connectivity index (χ1) is 14.1. The Morgan fingerprint density at radius 2 is 1.90 bits per heavy atom. The van der Waals surface area contributed by atoms with Gasteiger partial charge in [0.05, 0.1) is 18.9 Å². The molecule has 3 aliphatic rings. The monoisotopic (exact) mass is 396 g/mol. The van der Waals surface area contributed by atoms with Crippen LogP contribution >= 0.6 is 0 Å². The maximum Gasteiger partial charge on any atom is 0.233 e. The first-order valence-corrected chi connectivity index (χ1v) is 10.2. The third kappa shape index (κ3) is 3.73. The van der Waals surface area contributed by atoms with Gasteiger partial charge in [-0.2, -0.15) is 0 Å². The molecule has 1 aromatic rings. The summed E-state index contributed by atoms with van der Waals surface area (Å²) in [5, 5.41) is 6.51. The zero-order valence-electron chi connectivity index (χ0n) is 16.9. The lowest BCUT2D eigenvalue weighted by Crippen LogP contribution is -2.39. The van der Waals surface area contributed by atoms with Crippen LogP contribution in [-0.2, 0) is 16.1 Å². The molecule has 4 atom stereocenters. The molecule has 1 saturated carbocycles. The molecule has 29 heavy (non-hydrogen) atoms. The number of carbonyl (C=O) groups excluding carboxylic acids is 2. The Bertz CT molecular complexity index is 820. The highest BCUT2D eigenvalue weighted by Gasteiger charge is 2.58. The van der Waals surface area contributed by atoms with Crippen molar-refractivity contribution < 1.29 is 14.3 Å². The maximum atomic E-state index is 12.7. The van der Waals surface area contributed by atoms with Crippen molar-refractivity contribution in [3.05, 3.63) is 42.0 Å². The predicted octanol–water partition coefficient (Wildman–Crippen LogP) is 1.56. The first kappa shape index (κ1) is 19.5. The molecule has 2 bridgehead atoms. The minimum Gasteiger partial charge on any atom is -0.497 e. The molecule has 1 saturated heterocycles. The van der Waals surface area contributed by atoms with Crippen LogP contribution in [0.4, 0.5) is 0 Å². The van der Waals surface area contributed by atoms with Crippen molar-refractivity contribution in [1.29, 1.82) is 0 Å². The van der Waals surface area contributed by atoms with Gasteiger partial charge in [0.25, 0.3) is 0 Å². The van der Waals surface area contributed by atoms with Crippen molar-refractivity contribution in [2.75, 3.05) is 27.2 Å². The van der Waals surface area contributed by atoms with Gasteiger partial charge in [0.15, 0.2) is 5.96 Å². The minimum atomic E-state index is -0.109. The Labute approximate surface area is 171 Å². The highest BCUT2D eigenvalue weighted by atomic mass is 16.5. The molecule has 154 valence electrons. The topological polar surface area (TPSA) is 83.0 Å². The quantitative estimate of drug-likeness (QED) is 0.240. The molecule has 2 amide bonds. The van der Waals surface area contributed by atoms with Crippen LogP contribution in [0.3, 0.4) is 0 Å². The summed E-state index contributed by atoms with van der Waals surface area (Å²) < 4.78 is 5.24. The smallest absolute Gasteiger partial charge is 0.233 e. The Balaban J connectivity index is 1.22. The van der Waals surface area contributed by atoms with Crippen molar-refractivity contribution in [1.82, 2.24) is 15.5 Å². The van der Waals surface area contributed by atoms with Crippen LogP contribution in [0, 0.1) is 23.7 Å². The number of rotatable bonds is 7. The molecule has 1 heterocycles. The first-order valence-electron chi connectivity index (χ1n) is 10.2. The number of hydrogen-bond acceptors (Lipinski definition) is 4. The van der Waals surface area contributed by atoms with E-state index >= 15 is 0 Å². The van der Waals surface area contributed by atoms with Gasteiger partial charge in [-0.1, -0.05) is 24.3 Å². The highest BCUT2D eigenvalue weighted by molar-refractivity contribution is 6.06. The molecular formula is C22H28N4O3. The van der Waals surface area contributed by atoms with Crippen LogP contribution in [-0.4, -0.2) is 49.9 Å². The van der Waals surface area contributed by atoms with Crippen molar-refractivity contribution in [3.8, 4) is 5.75 Å². The maximum absolute atomic E-state index is 12.7. The lowest BCUT2D eigenvalue weighted by Gasteiger charge is -2.18. The summed E-state index contributed by atoms with van der Waals surface area (Å²) in [6, 6.07) is 7.86. The van der Waals surface area contributed by atoms with Crippen LogP contribution in [0.2, 0.25) is 0 Å². The van der Waals surface area contributed by atoms with E-state index in [4.69, 9.17) is 4.74 Å². The van der Waals surface area contributed by atoms with Crippen LogP contribution in [0.1, 0.15) is 18.4 Å². The van der Waals surface area contributed by atoms with Crippen molar-refractivity contribution in [2.24, 2.45) is 28.7 Å². The second kappa shape index (κ2) is 8.27. The van der Waals surface area contributed by atoms with Crippen LogP contribution < -0.4 is 15.4 Å². The molecular weight excluding hydrogens is 368 g/mol. The fraction of sp³-hybridized carbons (Fsp3) is 0.500. The Morgan fingerprint density at radius 1 is 1.17 bits per heavy atom. The highest BCUT2D eigenvalue weighted by Crippen LogP contribution is 2.52. The number of nitrogens with one attached hydrogen (secondary N) is 2. The number of nitrogens with zero attached hydrogens (tertiary/aromatic N) is 2. The number of aliphatic imine (C=N–C) groups is 1. The van der Waals surface area contributed by atoms with Crippen LogP contribution in [0.25, 0.3) is 0 Å². The number of methoxy groups -OCH3 is 1. The van der Waals surface area contributed by atoms with Gasteiger partial charge >= 0.3 is 0 Å². The summed E-state index contributed by atoms with van der Waals surface area (Å²) in [5.41, 5.74) is 1.09. The minimum absolute atomic E-state index is 0.0254. The SMILES string of the molecule is CN=C(NCCCN1C(=O)C2C3C=CC(C3)C2C1=O)NCc1cccc(OC)c1. The summed E-state index contributed by atoms with van der Waals surface area (Å²) in [7, 11) is 3.37. The number of benzene rings is 1. The molecule has 0 spiro atoms. The second-order valence-corrected chi connectivity index (χ2v) is 7.89. The number of allylic oxidation sites excluding steroid dienone is 2. The number of hydrogen-bond donors (Lipinski definition) is 2. The molecule has 0 radical (unpaired) electrons. The van der Waals surface area contributed by atoms with Gasteiger partial charge in [-0.15, -0.1) is 0 Å². The van der Waals surface area contributed by atoms with Crippen molar-refractivity contribution >= 4 is 17.8 Å². The molecule has 4 unspecified atom stereocenters. The second-order valence-electron chi connectivity index (χ2n) is 7.89. The molecule has 2 fully saturated rings. The molecule has 2 N–H and O–H groups in total. The normalized spacial score (nSPS) is 27.5. The standard InChI is InChI=1S/C22H28N4O3/c1-23-22(25-13-14-5-3-6-17(11-14)29-2)24-9-4-10-26-20(27)18-15-7-8-16(12-15)19(18)21(26)28/h3,5-8,11,15-16,18-19H,4,9-10,12-13H2,1-2H3,(H2,23,24,25). The summed E-state index contributed by atoms with van der Waals surface area (Å²) in [4.78, 5) is 31.1. The van der Waals surface area contributed by atoms with Gasteiger partial charge in [-0.25, -0.2) is 0 Å². The third-order valence-corrected chi connectivity index (χ3v) is 6.23. The van der Waals surface area contributed by atoms with E-state index in [9.17, 15) is 9.59 Å². The summed E-state index contributed by atoms with van der Waals surface area (Å²) in [5.74, 6) is 1.88. The zero-order chi connectivity index (χ0) is 20.4. The van der Waals surface area contributed by atoms with E-state index in [0.29, 0.717) is 32.0 Å². The number of fused-ring (bicyclic) bond motifs is 5. The van der Waals surface area contributed by atoms with Crippen molar-refractivity contribution in [2.45, 2.75) is 19.4 Å². The summed E-state index contributed by atoms with van der Waals surface area (Å²) in [6.07, 6.45) is 5.91. The number of carbonyl (C=O) groups is 2. The number of likely N-dealkylation sites (tertiary alicyclic amines) is 1. The fourth-order valence-electron chi connectivity index (χ4n) is 4.82. The Kier molecular flexibility index (Phi) is 5.56. The Hall–Kier alpha value is -2.83. The largest absolute Gasteiger partial charge is 0.497 e. The van der Waals surface area contributed by atoms with Gasteiger partial charge in [0.1, 0.15) is 5.75 Å². The number of amides is 2. The summed E-state index contributed by atoms with van der Waals surface area (Å²) in [6.45, 7) is 1.72. The fourth-order valence-corrected chi connectivity index (χ4v) is 4.82. The van der Waals surface area contributed by atoms with E-state index in [1.54, 1.807) is 14.2 Å². The van der Waals surface area contributed by atoms with Gasteiger partial charge in [-0.05, 0) is 42.4 Å². The molecule has 4 rings (SSSR count). The number of ether oxygens (including phenoxy) is 1. The van der Waals surface area contributed by atoms with Gasteiger partial charge in [-0.3, -0.25) is 19.5 Å². The van der Waals surface area contributed by atoms with Gasteiger partial charge in [0, 0.05) is 26.7 Å². The summed E-state index contributed by atoms with van der Waals surface area (Å²) >= 11 is 0.